The zero-order valence-electron chi connectivity index (χ0n) is 28.5. The molecule has 8 aromatic carbocycles. The van der Waals surface area contributed by atoms with Crippen LogP contribution in [0.5, 0.6) is 0 Å². The predicted molar refractivity (Wildman–Crippen MR) is 216 cm³/mol. The van der Waals surface area contributed by atoms with E-state index in [2.05, 4.69) is 185 Å². The summed E-state index contributed by atoms with van der Waals surface area (Å²) in [6.45, 7) is 0. The Kier molecular flexibility index (Phi) is 6.38. The number of rotatable bonds is 4. The molecule has 0 atom stereocenters. The monoisotopic (exact) mass is 663 g/mol. The van der Waals surface area contributed by atoms with Gasteiger partial charge in [-0.1, -0.05) is 121 Å². The molecule has 11 rings (SSSR count). The van der Waals surface area contributed by atoms with Crippen LogP contribution >= 0.6 is 0 Å². The fourth-order valence-corrected chi connectivity index (χ4v) is 8.48. The standard InChI is InChI=1S/C49H33N3/c1-3-11-32(12-4-1)49-50-45-31-36(22-24-48(45)52(49)41-13-5-2-6-14-41)33-19-20-34-26-39-29-40-30-42(23-21-35(40)27-38(39)28-37(34)25-33)51-46-17-9-7-15-43(46)44-16-8-10-18-47(44)51/h1-26,28,30-31H,27,29H2. The smallest absolute Gasteiger partial charge is 0.145 e. The van der Waals surface area contributed by atoms with Gasteiger partial charge in [0.25, 0.3) is 0 Å². The largest absolute Gasteiger partial charge is 0.309 e. The maximum absolute atomic E-state index is 5.20. The molecule has 0 spiro atoms. The Hall–Kier alpha value is -6.71. The molecule has 0 fully saturated rings. The van der Waals surface area contributed by atoms with Crippen molar-refractivity contribution in [3.05, 3.63) is 198 Å². The maximum Gasteiger partial charge on any atom is 0.145 e. The number of para-hydroxylation sites is 3. The second-order valence-corrected chi connectivity index (χ2v) is 14.0. The Labute approximate surface area is 301 Å². The van der Waals surface area contributed by atoms with E-state index in [4.69, 9.17) is 4.98 Å². The fraction of sp³-hybridized carbons (Fsp3) is 0.0408. The number of hydrogen-bond acceptors (Lipinski definition) is 1. The zero-order chi connectivity index (χ0) is 34.2. The first-order valence-corrected chi connectivity index (χ1v) is 18.0. The normalized spacial score (nSPS) is 12.5. The van der Waals surface area contributed by atoms with Crippen molar-refractivity contribution in [3.63, 3.8) is 0 Å². The molecule has 10 aromatic rings. The van der Waals surface area contributed by atoms with E-state index in [-0.39, 0.29) is 0 Å². The third-order valence-corrected chi connectivity index (χ3v) is 11.0. The van der Waals surface area contributed by atoms with Gasteiger partial charge in [0.2, 0.25) is 0 Å². The number of aromatic nitrogens is 3. The van der Waals surface area contributed by atoms with Gasteiger partial charge in [-0.15, -0.1) is 0 Å². The van der Waals surface area contributed by atoms with Crippen molar-refractivity contribution in [2.24, 2.45) is 0 Å². The molecule has 0 unspecified atom stereocenters. The Balaban J connectivity index is 0.956. The molecule has 0 saturated heterocycles. The van der Waals surface area contributed by atoms with Crippen LogP contribution in [-0.4, -0.2) is 14.1 Å². The lowest BCUT2D eigenvalue weighted by Gasteiger charge is -2.22. The first kappa shape index (κ1) is 29.1. The van der Waals surface area contributed by atoms with Gasteiger partial charge in [-0.2, -0.15) is 0 Å². The van der Waals surface area contributed by atoms with E-state index in [0.29, 0.717) is 0 Å². The zero-order valence-corrected chi connectivity index (χ0v) is 28.5. The van der Waals surface area contributed by atoms with Crippen LogP contribution < -0.4 is 0 Å². The molecular weight excluding hydrogens is 631 g/mol. The highest BCUT2D eigenvalue weighted by atomic mass is 15.1. The van der Waals surface area contributed by atoms with Crippen LogP contribution in [0.1, 0.15) is 22.3 Å². The van der Waals surface area contributed by atoms with E-state index in [9.17, 15) is 0 Å². The van der Waals surface area contributed by atoms with Crippen LogP contribution in [0.2, 0.25) is 0 Å². The number of benzene rings is 8. The molecule has 0 amide bonds. The SMILES string of the molecule is c1ccc(-c2nc3cc(-c4ccc5cc6c(cc5c4)Cc4ccc(-n5c7ccccc7c7ccccc75)cc4C6)ccc3n2-c2ccccc2)cc1. The van der Waals surface area contributed by atoms with E-state index in [1.807, 2.05) is 0 Å². The molecule has 0 bridgehead atoms. The summed E-state index contributed by atoms with van der Waals surface area (Å²) in [4.78, 5) is 5.20. The number of hydrogen-bond donors (Lipinski definition) is 0. The molecule has 0 N–H and O–H groups in total. The molecule has 2 aromatic heterocycles. The van der Waals surface area contributed by atoms with Crippen LogP contribution in [0.25, 0.3) is 77.5 Å². The van der Waals surface area contributed by atoms with Crippen LogP contribution in [0.4, 0.5) is 0 Å². The average Bonchev–Trinajstić information content (AvgIpc) is 3.76. The lowest BCUT2D eigenvalue weighted by atomic mass is 9.84. The summed E-state index contributed by atoms with van der Waals surface area (Å²) in [5, 5.41) is 5.16. The Morgan fingerprint density at radius 3 is 1.75 bits per heavy atom. The number of imidazole rings is 1. The lowest BCUT2D eigenvalue weighted by Crippen LogP contribution is -2.08. The van der Waals surface area contributed by atoms with E-state index < -0.39 is 0 Å². The van der Waals surface area contributed by atoms with Gasteiger partial charge in [0.1, 0.15) is 5.82 Å². The topological polar surface area (TPSA) is 22.8 Å². The Bertz CT molecular complexity index is 2950. The van der Waals surface area contributed by atoms with Gasteiger partial charge in [-0.25, -0.2) is 4.98 Å². The molecule has 0 radical (unpaired) electrons. The van der Waals surface area contributed by atoms with Crippen LogP contribution in [0.3, 0.4) is 0 Å². The third-order valence-electron chi connectivity index (χ3n) is 11.0. The van der Waals surface area contributed by atoms with Crippen LogP contribution in [0.15, 0.2) is 176 Å². The first-order chi connectivity index (χ1) is 25.7. The molecule has 0 aliphatic heterocycles. The minimum Gasteiger partial charge on any atom is -0.309 e. The highest BCUT2D eigenvalue weighted by molar-refractivity contribution is 6.09. The van der Waals surface area contributed by atoms with Crippen molar-refractivity contribution < 1.29 is 0 Å². The maximum atomic E-state index is 5.20. The molecule has 244 valence electrons. The summed E-state index contributed by atoms with van der Waals surface area (Å²) in [5.41, 5.74) is 16.1. The summed E-state index contributed by atoms with van der Waals surface area (Å²) in [6, 6.07) is 64.0. The van der Waals surface area contributed by atoms with Crippen molar-refractivity contribution >= 4 is 43.6 Å². The quantitative estimate of drug-likeness (QED) is 0.184. The summed E-state index contributed by atoms with van der Waals surface area (Å²) >= 11 is 0. The molecule has 3 nitrogen and oxygen atoms in total. The molecule has 3 heteroatoms. The molecule has 2 heterocycles. The third kappa shape index (κ3) is 4.56. The second kappa shape index (κ2) is 11.4. The van der Waals surface area contributed by atoms with E-state index in [1.54, 1.807) is 0 Å². The summed E-state index contributed by atoms with van der Waals surface area (Å²) in [5.74, 6) is 0.951. The van der Waals surface area contributed by atoms with Gasteiger partial charge in [-0.05, 0) is 112 Å². The Morgan fingerprint density at radius 2 is 0.981 bits per heavy atom. The number of nitrogens with zero attached hydrogens (tertiary/aromatic N) is 3. The first-order valence-electron chi connectivity index (χ1n) is 18.0. The number of fused-ring (bicyclic) bond motifs is 7. The van der Waals surface area contributed by atoms with E-state index in [0.717, 1.165) is 41.0 Å². The minimum atomic E-state index is 0.942. The fourth-order valence-electron chi connectivity index (χ4n) is 8.48. The molecule has 0 saturated carbocycles. The summed E-state index contributed by atoms with van der Waals surface area (Å²) in [6.07, 6.45) is 1.89. The predicted octanol–water partition coefficient (Wildman–Crippen LogP) is 12.1. The van der Waals surface area contributed by atoms with E-state index in [1.165, 1.54) is 71.6 Å². The van der Waals surface area contributed by atoms with Gasteiger partial charge in [0, 0.05) is 27.7 Å². The van der Waals surface area contributed by atoms with Crippen molar-refractivity contribution in [2.45, 2.75) is 12.8 Å². The summed E-state index contributed by atoms with van der Waals surface area (Å²) < 4.78 is 4.69. The van der Waals surface area contributed by atoms with E-state index >= 15 is 0 Å². The van der Waals surface area contributed by atoms with Crippen LogP contribution in [-0.2, 0) is 12.8 Å². The average molecular weight is 664 g/mol. The highest BCUT2D eigenvalue weighted by Crippen LogP contribution is 2.37. The molecule has 52 heavy (non-hydrogen) atoms. The van der Waals surface area contributed by atoms with Gasteiger partial charge in [-0.3, -0.25) is 4.57 Å². The highest BCUT2D eigenvalue weighted by Gasteiger charge is 2.20. The van der Waals surface area contributed by atoms with Crippen molar-refractivity contribution in [1.82, 2.24) is 14.1 Å². The van der Waals surface area contributed by atoms with Crippen molar-refractivity contribution in [2.75, 3.05) is 0 Å². The molecule has 1 aliphatic rings. The van der Waals surface area contributed by atoms with Crippen LogP contribution in [0, 0.1) is 0 Å². The van der Waals surface area contributed by atoms with Crippen molar-refractivity contribution in [3.8, 4) is 33.9 Å². The van der Waals surface area contributed by atoms with Gasteiger partial charge in [0.15, 0.2) is 0 Å². The van der Waals surface area contributed by atoms with Gasteiger partial charge < -0.3 is 4.57 Å². The Morgan fingerprint density at radius 1 is 0.365 bits per heavy atom. The van der Waals surface area contributed by atoms with Gasteiger partial charge in [0.05, 0.1) is 22.1 Å². The minimum absolute atomic E-state index is 0.942. The molecule has 1 aliphatic carbocycles. The van der Waals surface area contributed by atoms with Crippen molar-refractivity contribution in [1.29, 1.82) is 0 Å². The second-order valence-electron chi connectivity index (χ2n) is 14.0. The summed E-state index contributed by atoms with van der Waals surface area (Å²) in [7, 11) is 0. The molecular formula is C49H33N3. The lowest BCUT2D eigenvalue weighted by molar-refractivity contribution is 0.997. The van der Waals surface area contributed by atoms with Gasteiger partial charge >= 0.3 is 0 Å².